The van der Waals surface area contributed by atoms with Crippen molar-refractivity contribution in [1.29, 1.82) is 0 Å². The van der Waals surface area contributed by atoms with Crippen LogP contribution in [-0.2, 0) is 9.47 Å². The first-order chi connectivity index (χ1) is 11.8. The Morgan fingerprint density at radius 2 is 2.12 bits per heavy atom. The monoisotopic (exact) mass is 463 g/mol. The van der Waals surface area contributed by atoms with Gasteiger partial charge in [-0.15, -0.1) is 24.0 Å². The number of aliphatic imine (C=N–C) groups is 1. The first kappa shape index (κ1) is 19.7. The molecular weight excluding hydrogens is 429 g/mol. The molecule has 1 N–H and O–H groups in total. The summed E-state index contributed by atoms with van der Waals surface area (Å²) in [4.78, 5) is 7.30. The van der Waals surface area contributed by atoms with E-state index in [0.717, 1.165) is 38.8 Å². The van der Waals surface area contributed by atoms with Crippen molar-refractivity contribution >= 4 is 29.9 Å². The highest BCUT2D eigenvalue weighted by Gasteiger charge is 2.65. The van der Waals surface area contributed by atoms with Crippen LogP contribution in [0, 0.1) is 17.3 Å². The van der Waals surface area contributed by atoms with Crippen LogP contribution in [0.3, 0.4) is 0 Å². The van der Waals surface area contributed by atoms with Crippen LogP contribution in [0.15, 0.2) is 4.99 Å². The van der Waals surface area contributed by atoms with Crippen molar-refractivity contribution in [3.05, 3.63) is 0 Å². The maximum atomic E-state index is 6.13. The Kier molecular flexibility index (Phi) is 6.53. The molecule has 5 nitrogen and oxygen atoms in total. The smallest absolute Gasteiger partial charge is 0.194 e. The molecule has 0 bridgehead atoms. The quantitative estimate of drug-likeness (QED) is 0.396. The molecule has 2 saturated carbocycles. The van der Waals surface area contributed by atoms with Crippen molar-refractivity contribution in [2.75, 3.05) is 40.0 Å². The average Bonchev–Trinajstić information content (AvgIpc) is 3.30. The van der Waals surface area contributed by atoms with Crippen molar-refractivity contribution in [1.82, 2.24) is 10.2 Å². The minimum atomic E-state index is 0. The summed E-state index contributed by atoms with van der Waals surface area (Å²) in [5.74, 6) is 2.48. The van der Waals surface area contributed by atoms with Gasteiger partial charge in [-0.2, -0.15) is 0 Å². The molecule has 0 aromatic carbocycles. The standard InChI is InChI=1S/C19H33N3O2.HI/c1-3-20-18(22-10-6-14(12-22)13-23-2)21-16-15-7-11-24-17(15)19(16)8-4-5-9-19;/h14-17H,3-13H2,1-2H3,(H,20,21);1H. The maximum Gasteiger partial charge on any atom is 0.194 e. The van der Waals surface area contributed by atoms with E-state index >= 15 is 0 Å². The molecule has 4 unspecified atom stereocenters. The lowest BCUT2D eigenvalue weighted by Gasteiger charge is -2.57. The van der Waals surface area contributed by atoms with Gasteiger partial charge in [0.15, 0.2) is 5.96 Å². The number of rotatable bonds is 4. The lowest BCUT2D eigenvalue weighted by atomic mass is 9.54. The van der Waals surface area contributed by atoms with E-state index in [-0.39, 0.29) is 24.0 Å². The molecule has 4 atom stereocenters. The van der Waals surface area contributed by atoms with E-state index in [1.165, 1.54) is 38.5 Å². The maximum absolute atomic E-state index is 6.13. The highest BCUT2D eigenvalue weighted by molar-refractivity contribution is 14.0. The Labute approximate surface area is 169 Å². The van der Waals surface area contributed by atoms with Gasteiger partial charge in [-0.3, -0.25) is 4.99 Å². The lowest BCUT2D eigenvalue weighted by molar-refractivity contribution is -0.125. The molecule has 144 valence electrons. The van der Waals surface area contributed by atoms with Crippen LogP contribution in [-0.4, -0.2) is 63.0 Å². The molecule has 2 aliphatic carbocycles. The van der Waals surface area contributed by atoms with Gasteiger partial charge in [-0.05, 0) is 32.6 Å². The average molecular weight is 463 g/mol. The number of hydrogen-bond donors (Lipinski definition) is 1. The lowest BCUT2D eigenvalue weighted by Crippen LogP contribution is -2.69. The van der Waals surface area contributed by atoms with Crippen LogP contribution in [0.4, 0.5) is 0 Å². The van der Waals surface area contributed by atoms with Crippen LogP contribution in [0.5, 0.6) is 0 Å². The largest absolute Gasteiger partial charge is 0.384 e. The predicted octanol–water partition coefficient (Wildman–Crippen LogP) is 2.89. The number of guanidine groups is 1. The number of halogens is 1. The zero-order chi connectivity index (χ0) is 16.6. The first-order valence-corrected chi connectivity index (χ1v) is 9.95. The Morgan fingerprint density at radius 3 is 2.84 bits per heavy atom. The summed E-state index contributed by atoms with van der Waals surface area (Å²) in [5.41, 5.74) is 0.390. The number of likely N-dealkylation sites (tertiary alicyclic amines) is 1. The topological polar surface area (TPSA) is 46.1 Å². The van der Waals surface area contributed by atoms with Crippen molar-refractivity contribution in [3.8, 4) is 0 Å². The van der Waals surface area contributed by atoms with Crippen molar-refractivity contribution in [3.63, 3.8) is 0 Å². The fourth-order valence-electron chi connectivity index (χ4n) is 5.83. The Bertz CT molecular complexity index is 481. The number of hydrogen-bond acceptors (Lipinski definition) is 3. The molecule has 2 saturated heterocycles. The molecule has 4 rings (SSSR count). The fraction of sp³-hybridized carbons (Fsp3) is 0.947. The van der Waals surface area contributed by atoms with Gasteiger partial charge in [-0.25, -0.2) is 0 Å². The number of nitrogens with one attached hydrogen (secondary N) is 1. The van der Waals surface area contributed by atoms with Gasteiger partial charge in [0.2, 0.25) is 0 Å². The van der Waals surface area contributed by atoms with Gasteiger partial charge in [-0.1, -0.05) is 12.8 Å². The minimum absolute atomic E-state index is 0. The summed E-state index contributed by atoms with van der Waals surface area (Å²) in [6.07, 6.45) is 8.34. The summed E-state index contributed by atoms with van der Waals surface area (Å²) in [6, 6.07) is 0.569. The molecule has 0 aromatic heterocycles. The molecule has 4 fully saturated rings. The van der Waals surface area contributed by atoms with E-state index in [1.54, 1.807) is 7.11 Å². The SMILES string of the molecule is CCN=C(NC1C2CCOC2C12CCCC2)N1CCC(COC)C1.I. The number of nitrogens with zero attached hydrogens (tertiary/aromatic N) is 2. The van der Waals surface area contributed by atoms with Crippen LogP contribution in [0.2, 0.25) is 0 Å². The third kappa shape index (κ3) is 3.43. The molecule has 4 aliphatic rings. The van der Waals surface area contributed by atoms with E-state index in [0.29, 0.717) is 29.4 Å². The summed E-state index contributed by atoms with van der Waals surface area (Å²) in [6.45, 7) is 6.97. The van der Waals surface area contributed by atoms with Gasteiger partial charge in [0.25, 0.3) is 0 Å². The van der Waals surface area contributed by atoms with E-state index in [2.05, 4.69) is 17.1 Å². The Morgan fingerprint density at radius 1 is 1.32 bits per heavy atom. The highest BCUT2D eigenvalue weighted by Crippen LogP contribution is 2.60. The molecular formula is C19H34IN3O2. The molecule has 2 aliphatic heterocycles. The van der Waals surface area contributed by atoms with Gasteiger partial charge < -0.3 is 19.7 Å². The van der Waals surface area contributed by atoms with Gasteiger partial charge in [0.05, 0.1) is 12.7 Å². The van der Waals surface area contributed by atoms with Crippen molar-refractivity contribution < 1.29 is 9.47 Å². The van der Waals surface area contributed by atoms with Crippen molar-refractivity contribution in [2.45, 2.75) is 57.6 Å². The fourth-order valence-corrected chi connectivity index (χ4v) is 5.83. The molecule has 0 radical (unpaired) electrons. The zero-order valence-electron chi connectivity index (χ0n) is 15.7. The second-order valence-electron chi connectivity index (χ2n) is 8.16. The van der Waals surface area contributed by atoms with Crippen LogP contribution < -0.4 is 5.32 Å². The van der Waals surface area contributed by atoms with Gasteiger partial charge in [0, 0.05) is 56.6 Å². The van der Waals surface area contributed by atoms with Crippen LogP contribution >= 0.6 is 24.0 Å². The summed E-state index contributed by atoms with van der Waals surface area (Å²) < 4.78 is 11.5. The predicted molar refractivity (Wildman–Crippen MR) is 111 cm³/mol. The second kappa shape index (κ2) is 8.30. The number of fused-ring (bicyclic) bond motifs is 2. The highest BCUT2D eigenvalue weighted by atomic mass is 127. The van der Waals surface area contributed by atoms with E-state index < -0.39 is 0 Å². The minimum Gasteiger partial charge on any atom is -0.384 e. The van der Waals surface area contributed by atoms with Gasteiger partial charge in [0.1, 0.15) is 0 Å². The molecule has 0 amide bonds. The summed E-state index contributed by atoms with van der Waals surface area (Å²) >= 11 is 0. The Hall–Kier alpha value is -0.0800. The molecule has 0 aromatic rings. The zero-order valence-corrected chi connectivity index (χ0v) is 18.0. The van der Waals surface area contributed by atoms with Crippen LogP contribution in [0.25, 0.3) is 0 Å². The first-order valence-electron chi connectivity index (χ1n) is 9.95. The third-order valence-electron chi connectivity index (χ3n) is 6.87. The van der Waals surface area contributed by atoms with E-state index in [1.807, 2.05) is 0 Å². The summed E-state index contributed by atoms with van der Waals surface area (Å²) in [7, 11) is 1.81. The van der Waals surface area contributed by atoms with E-state index in [4.69, 9.17) is 14.5 Å². The number of ether oxygens (including phenoxy) is 2. The molecule has 25 heavy (non-hydrogen) atoms. The van der Waals surface area contributed by atoms with Crippen molar-refractivity contribution in [2.24, 2.45) is 22.2 Å². The van der Waals surface area contributed by atoms with Crippen LogP contribution in [0.1, 0.15) is 45.4 Å². The molecule has 2 heterocycles. The van der Waals surface area contributed by atoms with Gasteiger partial charge >= 0.3 is 0 Å². The van der Waals surface area contributed by atoms with E-state index in [9.17, 15) is 0 Å². The Balaban J connectivity index is 0.00000182. The molecule has 1 spiro atoms. The number of methoxy groups -OCH3 is 1. The second-order valence-corrected chi connectivity index (χ2v) is 8.16. The molecule has 6 heteroatoms. The summed E-state index contributed by atoms with van der Waals surface area (Å²) in [5, 5.41) is 3.92. The normalized spacial score (nSPS) is 36.2. The third-order valence-corrected chi connectivity index (χ3v) is 6.87.